The molecule has 0 unspecified atom stereocenters. The molecule has 0 radical (unpaired) electrons. The summed E-state index contributed by atoms with van der Waals surface area (Å²) in [6, 6.07) is 9.29. The van der Waals surface area contributed by atoms with Gasteiger partial charge in [0.05, 0.1) is 19.2 Å². The van der Waals surface area contributed by atoms with Crippen molar-refractivity contribution < 1.29 is 14.3 Å². The lowest BCUT2D eigenvalue weighted by Gasteiger charge is -2.13. The van der Waals surface area contributed by atoms with Crippen molar-refractivity contribution in [2.45, 2.75) is 39.0 Å². The molecule has 0 atom stereocenters. The number of nitrogens with zero attached hydrogens (tertiary/aromatic N) is 3. The van der Waals surface area contributed by atoms with Crippen LogP contribution in [0.15, 0.2) is 30.3 Å². The van der Waals surface area contributed by atoms with Gasteiger partial charge in [0.15, 0.2) is 11.5 Å². The number of esters is 1. The first kappa shape index (κ1) is 18.6. The fourth-order valence-electron chi connectivity index (χ4n) is 2.52. The number of methoxy groups -OCH3 is 1. The SMILES string of the molecule is COC(=O)CCC(=O)Nc1ccc(-c2nn3nc(C(C)(C)C)cc3[nH]2)cc1. The monoisotopic (exact) mass is 369 g/mol. The number of hydrogen-bond donors (Lipinski definition) is 2. The number of benzene rings is 1. The molecule has 0 fully saturated rings. The Bertz CT molecular complexity index is 932. The number of rotatable bonds is 5. The smallest absolute Gasteiger partial charge is 0.306 e. The maximum Gasteiger partial charge on any atom is 0.306 e. The van der Waals surface area contributed by atoms with Gasteiger partial charge in [0.2, 0.25) is 5.91 Å². The molecule has 3 rings (SSSR count). The van der Waals surface area contributed by atoms with E-state index in [2.05, 4.69) is 46.0 Å². The Labute approximate surface area is 156 Å². The fraction of sp³-hybridized carbons (Fsp3) is 0.368. The van der Waals surface area contributed by atoms with Crippen LogP contribution in [0.2, 0.25) is 0 Å². The number of H-pyrrole nitrogens is 1. The average molecular weight is 369 g/mol. The minimum Gasteiger partial charge on any atom is -0.469 e. The normalized spacial score (nSPS) is 11.6. The van der Waals surface area contributed by atoms with Gasteiger partial charge in [-0.1, -0.05) is 20.8 Å². The lowest BCUT2D eigenvalue weighted by molar-refractivity contribution is -0.141. The standard InChI is InChI=1S/C19H23N5O3/c1-19(2,3)14-11-15-21-18(23-24(15)22-14)12-5-7-13(8-6-12)20-16(25)9-10-17(26)27-4/h5-8,11H,9-10H2,1-4H3,(H,20,25)(H,21,23). The van der Waals surface area contributed by atoms with E-state index in [1.807, 2.05) is 18.2 Å². The largest absolute Gasteiger partial charge is 0.469 e. The second-order valence-corrected chi connectivity index (χ2v) is 7.33. The van der Waals surface area contributed by atoms with Crippen LogP contribution in [-0.4, -0.2) is 38.8 Å². The number of hydrogen-bond acceptors (Lipinski definition) is 5. The van der Waals surface area contributed by atoms with Crippen molar-refractivity contribution in [1.29, 1.82) is 0 Å². The molecule has 1 amide bonds. The van der Waals surface area contributed by atoms with E-state index in [1.165, 1.54) is 7.11 Å². The van der Waals surface area contributed by atoms with Crippen LogP contribution in [-0.2, 0) is 19.7 Å². The van der Waals surface area contributed by atoms with E-state index < -0.39 is 5.97 Å². The Balaban J connectivity index is 1.68. The molecule has 1 aromatic carbocycles. The Kier molecular flexibility index (Phi) is 4.98. The van der Waals surface area contributed by atoms with E-state index in [0.717, 1.165) is 16.9 Å². The fourth-order valence-corrected chi connectivity index (χ4v) is 2.52. The van der Waals surface area contributed by atoms with Crippen molar-refractivity contribution in [3.8, 4) is 11.4 Å². The minimum absolute atomic E-state index is 0.0393. The predicted molar refractivity (Wildman–Crippen MR) is 101 cm³/mol. The summed E-state index contributed by atoms with van der Waals surface area (Å²) in [5.41, 5.74) is 3.29. The Morgan fingerprint density at radius 2 is 1.85 bits per heavy atom. The lowest BCUT2D eigenvalue weighted by atomic mass is 9.93. The summed E-state index contributed by atoms with van der Waals surface area (Å²) in [5, 5.41) is 11.7. The zero-order valence-corrected chi connectivity index (χ0v) is 15.9. The molecular weight excluding hydrogens is 346 g/mol. The number of nitrogens with one attached hydrogen (secondary N) is 2. The van der Waals surface area contributed by atoms with Gasteiger partial charge in [-0.15, -0.1) is 9.73 Å². The zero-order valence-electron chi connectivity index (χ0n) is 15.9. The summed E-state index contributed by atoms with van der Waals surface area (Å²) >= 11 is 0. The van der Waals surface area contributed by atoms with Gasteiger partial charge in [0.1, 0.15) is 0 Å². The van der Waals surface area contributed by atoms with Crippen LogP contribution in [0.3, 0.4) is 0 Å². The minimum atomic E-state index is -0.405. The number of fused-ring (bicyclic) bond motifs is 1. The third-order valence-electron chi connectivity index (χ3n) is 4.13. The highest BCUT2D eigenvalue weighted by Gasteiger charge is 2.19. The molecule has 142 valence electrons. The molecule has 0 saturated heterocycles. The first-order valence-electron chi connectivity index (χ1n) is 8.70. The Hall–Kier alpha value is -3.16. The molecule has 2 aromatic heterocycles. The predicted octanol–water partition coefficient (Wildman–Crippen LogP) is 2.91. The summed E-state index contributed by atoms with van der Waals surface area (Å²) in [6.07, 6.45) is 0.142. The van der Waals surface area contributed by atoms with E-state index in [9.17, 15) is 9.59 Å². The van der Waals surface area contributed by atoms with Gasteiger partial charge in [-0.2, -0.15) is 5.10 Å². The first-order valence-corrected chi connectivity index (χ1v) is 8.70. The molecule has 27 heavy (non-hydrogen) atoms. The molecule has 0 aliphatic carbocycles. The van der Waals surface area contributed by atoms with Crippen LogP contribution >= 0.6 is 0 Å². The summed E-state index contributed by atoms with van der Waals surface area (Å²) in [6.45, 7) is 6.32. The highest BCUT2D eigenvalue weighted by molar-refractivity contribution is 5.92. The van der Waals surface area contributed by atoms with Gasteiger partial charge in [-0.3, -0.25) is 9.59 Å². The second kappa shape index (κ2) is 7.22. The van der Waals surface area contributed by atoms with E-state index in [1.54, 1.807) is 16.8 Å². The van der Waals surface area contributed by atoms with Crippen LogP contribution in [0.5, 0.6) is 0 Å². The molecule has 0 spiro atoms. The third-order valence-corrected chi connectivity index (χ3v) is 4.13. The second-order valence-electron chi connectivity index (χ2n) is 7.33. The third kappa shape index (κ3) is 4.33. The van der Waals surface area contributed by atoms with Crippen molar-refractivity contribution >= 4 is 23.2 Å². The van der Waals surface area contributed by atoms with Gasteiger partial charge in [-0.25, -0.2) is 0 Å². The van der Waals surface area contributed by atoms with Crippen LogP contribution in [0.4, 0.5) is 5.69 Å². The number of ether oxygens (including phenoxy) is 1. The Morgan fingerprint density at radius 1 is 1.15 bits per heavy atom. The topological polar surface area (TPSA) is 101 Å². The van der Waals surface area contributed by atoms with Crippen LogP contribution in [0.25, 0.3) is 17.0 Å². The van der Waals surface area contributed by atoms with E-state index >= 15 is 0 Å². The van der Waals surface area contributed by atoms with Crippen molar-refractivity contribution in [3.05, 3.63) is 36.0 Å². The van der Waals surface area contributed by atoms with E-state index in [0.29, 0.717) is 11.5 Å². The number of aromatic nitrogens is 4. The zero-order chi connectivity index (χ0) is 19.6. The first-order chi connectivity index (χ1) is 12.8. The van der Waals surface area contributed by atoms with Crippen molar-refractivity contribution in [2.24, 2.45) is 0 Å². The molecule has 2 heterocycles. The van der Waals surface area contributed by atoms with Crippen LogP contribution < -0.4 is 5.32 Å². The quantitative estimate of drug-likeness (QED) is 0.673. The van der Waals surface area contributed by atoms with Crippen molar-refractivity contribution in [3.63, 3.8) is 0 Å². The molecule has 2 N–H and O–H groups in total. The summed E-state index contributed by atoms with van der Waals surface area (Å²) < 4.78 is 6.12. The van der Waals surface area contributed by atoms with E-state index in [-0.39, 0.29) is 24.2 Å². The molecule has 8 nitrogen and oxygen atoms in total. The molecule has 8 heteroatoms. The molecule has 3 aromatic rings. The summed E-state index contributed by atoms with van der Waals surface area (Å²) in [7, 11) is 1.30. The van der Waals surface area contributed by atoms with Gasteiger partial charge in [0.25, 0.3) is 0 Å². The number of amides is 1. The van der Waals surface area contributed by atoms with Crippen molar-refractivity contribution in [1.82, 2.24) is 19.8 Å². The summed E-state index contributed by atoms with van der Waals surface area (Å²) in [5.74, 6) is 0.0544. The van der Waals surface area contributed by atoms with Gasteiger partial charge >= 0.3 is 5.97 Å². The number of anilines is 1. The highest BCUT2D eigenvalue weighted by Crippen LogP contribution is 2.24. The van der Waals surface area contributed by atoms with Gasteiger partial charge in [-0.05, 0) is 24.3 Å². The number of carbonyl (C=O) groups is 2. The number of carbonyl (C=O) groups excluding carboxylic acids is 2. The molecular formula is C19H23N5O3. The van der Waals surface area contributed by atoms with Crippen LogP contribution in [0, 0.1) is 0 Å². The lowest BCUT2D eigenvalue weighted by Crippen LogP contribution is -2.13. The maximum atomic E-state index is 11.8. The Morgan fingerprint density at radius 3 is 2.44 bits per heavy atom. The molecule has 0 aliphatic heterocycles. The highest BCUT2D eigenvalue weighted by atomic mass is 16.5. The van der Waals surface area contributed by atoms with Crippen LogP contribution in [0.1, 0.15) is 39.3 Å². The number of aromatic amines is 1. The van der Waals surface area contributed by atoms with Gasteiger partial charge < -0.3 is 15.0 Å². The molecule has 0 saturated carbocycles. The summed E-state index contributed by atoms with van der Waals surface area (Å²) in [4.78, 5) is 26.2. The maximum absolute atomic E-state index is 11.8. The van der Waals surface area contributed by atoms with Crippen molar-refractivity contribution in [2.75, 3.05) is 12.4 Å². The van der Waals surface area contributed by atoms with Gasteiger partial charge in [0, 0.05) is 29.2 Å². The molecule has 0 bridgehead atoms. The molecule has 0 aliphatic rings. The average Bonchev–Trinajstić information content (AvgIpc) is 3.19. The van der Waals surface area contributed by atoms with E-state index in [4.69, 9.17) is 0 Å².